The van der Waals surface area contributed by atoms with Crippen molar-refractivity contribution in [2.24, 2.45) is 4.99 Å². The highest BCUT2D eigenvalue weighted by Crippen LogP contribution is 2.14. The lowest BCUT2D eigenvalue weighted by atomic mass is 10.0. The van der Waals surface area contributed by atoms with Crippen LogP contribution >= 0.6 is 0 Å². The minimum Gasteiger partial charge on any atom is -0.393 e. The molecule has 0 spiro atoms. The number of hydrogen-bond donors (Lipinski definition) is 1. The predicted octanol–water partition coefficient (Wildman–Crippen LogP) is 2.59. The van der Waals surface area contributed by atoms with Gasteiger partial charge < -0.3 is 5.11 Å². The molecule has 1 aliphatic heterocycles. The molecule has 106 valence electrons. The molecule has 4 heteroatoms. The molecular formula is C15H23NO3. The van der Waals surface area contributed by atoms with Gasteiger partial charge in [0.05, 0.1) is 6.10 Å². The van der Waals surface area contributed by atoms with Gasteiger partial charge in [-0.05, 0) is 12.5 Å². The van der Waals surface area contributed by atoms with Crippen molar-refractivity contribution in [3.05, 3.63) is 11.6 Å². The zero-order chi connectivity index (χ0) is 14.1. The van der Waals surface area contributed by atoms with E-state index in [0.29, 0.717) is 12.0 Å². The van der Waals surface area contributed by atoms with Crippen molar-refractivity contribution in [2.75, 3.05) is 0 Å². The minimum atomic E-state index is -0.577. The van der Waals surface area contributed by atoms with Gasteiger partial charge in [0.25, 0.3) is 5.91 Å². The van der Waals surface area contributed by atoms with Gasteiger partial charge in [0.1, 0.15) is 5.78 Å². The molecule has 1 unspecified atom stereocenters. The highest BCUT2D eigenvalue weighted by Gasteiger charge is 2.17. The van der Waals surface area contributed by atoms with Crippen molar-refractivity contribution in [1.29, 1.82) is 0 Å². The topological polar surface area (TPSA) is 66.7 Å². The van der Waals surface area contributed by atoms with Crippen LogP contribution in [0.25, 0.3) is 0 Å². The van der Waals surface area contributed by atoms with Gasteiger partial charge in [-0.2, -0.15) is 0 Å². The van der Waals surface area contributed by atoms with Crippen molar-refractivity contribution in [2.45, 2.75) is 64.4 Å². The van der Waals surface area contributed by atoms with Crippen LogP contribution in [0.4, 0.5) is 0 Å². The van der Waals surface area contributed by atoms with E-state index in [0.717, 1.165) is 12.8 Å². The molecular weight excluding hydrogens is 242 g/mol. The normalized spacial score (nSPS) is 15.7. The second-order valence-electron chi connectivity index (χ2n) is 5.05. The van der Waals surface area contributed by atoms with Crippen LogP contribution < -0.4 is 0 Å². The Morgan fingerprint density at radius 2 is 2.05 bits per heavy atom. The summed E-state index contributed by atoms with van der Waals surface area (Å²) in [6.45, 7) is 2.16. The van der Waals surface area contributed by atoms with E-state index in [4.69, 9.17) is 0 Å². The molecule has 1 atom stereocenters. The molecule has 0 fully saturated rings. The van der Waals surface area contributed by atoms with Gasteiger partial charge in [-0.25, -0.2) is 4.99 Å². The maximum absolute atomic E-state index is 11.7. The summed E-state index contributed by atoms with van der Waals surface area (Å²) in [5.41, 5.74) is 0.431. The first-order valence-electron chi connectivity index (χ1n) is 7.10. The molecule has 1 amide bonds. The van der Waals surface area contributed by atoms with Gasteiger partial charge in [0.15, 0.2) is 0 Å². The number of nitrogens with zero attached hydrogens (tertiary/aromatic N) is 1. The van der Waals surface area contributed by atoms with Gasteiger partial charge in [0.2, 0.25) is 0 Å². The monoisotopic (exact) mass is 265 g/mol. The summed E-state index contributed by atoms with van der Waals surface area (Å²) in [7, 11) is 0. The summed E-state index contributed by atoms with van der Waals surface area (Å²) < 4.78 is 0. The number of Topliss-reactive ketones (excluding diaryl/α,β-unsaturated/α-hetero) is 1. The highest BCUT2D eigenvalue weighted by atomic mass is 16.3. The number of rotatable bonds is 10. The number of aliphatic imine (C=N–C) groups is 1. The third-order valence-electron chi connectivity index (χ3n) is 3.23. The SMILES string of the molecule is CCCCCCCC(O)CC(=O)CC1=CC=NC1=O. The highest BCUT2D eigenvalue weighted by molar-refractivity contribution is 6.10. The molecule has 0 aliphatic carbocycles. The summed E-state index contributed by atoms with van der Waals surface area (Å²) >= 11 is 0. The fourth-order valence-corrected chi connectivity index (χ4v) is 2.12. The van der Waals surface area contributed by atoms with E-state index in [9.17, 15) is 14.7 Å². The lowest BCUT2D eigenvalue weighted by molar-refractivity contribution is -0.122. The van der Waals surface area contributed by atoms with E-state index >= 15 is 0 Å². The fourth-order valence-electron chi connectivity index (χ4n) is 2.12. The van der Waals surface area contributed by atoms with Crippen LogP contribution in [0.1, 0.15) is 58.3 Å². The third kappa shape index (κ3) is 6.43. The Kier molecular flexibility index (Phi) is 7.26. The van der Waals surface area contributed by atoms with E-state index in [1.807, 2.05) is 0 Å². The van der Waals surface area contributed by atoms with Crippen molar-refractivity contribution < 1.29 is 14.7 Å². The molecule has 0 radical (unpaired) electrons. The number of allylic oxidation sites excluding steroid dienone is 1. The van der Waals surface area contributed by atoms with E-state index in [-0.39, 0.29) is 24.5 Å². The van der Waals surface area contributed by atoms with E-state index in [1.165, 1.54) is 25.5 Å². The molecule has 1 aliphatic rings. The maximum Gasteiger partial charge on any atom is 0.273 e. The Bertz CT molecular complexity index is 372. The van der Waals surface area contributed by atoms with Crippen LogP contribution in [0.2, 0.25) is 0 Å². The molecule has 4 nitrogen and oxygen atoms in total. The molecule has 0 aromatic heterocycles. The lowest BCUT2D eigenvalue weighted by Gasteiger charge is -2.09. The Balaban J connectivity index is 2.12. The first-order valence-corrected chi connectivity index (χ1v) is 7.10. The standard InChI is InChI=1S/C15H23NO3/c1-2-3-4-5-6-7-13(17)11-14(18)10-12-8-9-16-15(12)19/h8-9,13,17H,2-7,10-11H2,1H3. The first-order chi connectivity index (χ1) is 9.13. The molecule has 0 saturated carbocycles. The van der Waals surface area contributed by atoms with E-state index in [1.54, 1.807) is 6.08 Å². The van der Waals surface area contributed by atoms with E-state index in [2.05, 4.69) is 11.9 Å². The number of aliphatic hydroxyl groups excluding tert-OH is 1. The smallest absolute Gasteiger partial charge is 0.273 e. The van der Waals surface area contributed by atoms with Gasteiger partial charge in [-0.1, -0.05) is 39.0 Å². The number of carbonyl (C=O) groups excluding carboxylic acids is 2. The average Bonchev–Trinajstić information content (AvgIpc) is 2.74. The number of ketones is 1. The van der Waals surface area contributed by atoms with E-state index < -0.39 is 6.10 Å². The Hall–Kier alpha value is -1.29. The zero-order valence-corrected chi connectivity index (χ0v) is 11.6. The summed E-state index contributed by atoms with van der Waals surface area (Å²) in [5, 5.41) is 9.76. The Labute approximate surface area is 114 Å². The largest absolute Gasteiger partial charge is 0.393 e. The van der Waals surface area contributed by atoms with Crippen LogP contribution in [0, 0.1) is 0 Å². The second kappa shape index (κ2) is 8.75. The molecule has 1 N–H and O–H groups in total. The fraction of sp³-hybridized carbons (Fsp3) is 0.667. The van der Waals surface area contributed by atoms with Crippen molar-refractivity contribution in [3.8, 4) is 0 Å². The van der Waals surface area contributed by atoms with Crippen LogP contribution in [-0.4, -0.2) is 29.1 Å². The zero-order valence-electron chi connectivity index (χ0n) is 11.6. The third-order valence-corrected chi connectivity index (χ3v) is 3.23. The number of hydrogen-bond acceptors (Lipinski definition) is 3. The van der Waals surface area contributed by atoms with Gasteiger partial charge in [-0.15, -0.1) is 0 Å². The van der Waals surface area contributed by atoms with Crippen molar-refractivity contribution >= 4 is 17.9 Å². The molecule has 0 saturated heterocycles. The van der Waals surface area contributed by atoms with Gasteiger partial charge in [-0.3, -0.25) is 9.59 Å². The minimum absolute atomic E-state index is 0.0890. The molecule has 1 heterocycles. The van der Waals surface area contributed by atoms with Gasteiger partial charge >= 0.3 is 0 Å². The molecule has 0 bridgehead atoms. The van der Waals surface area contributed by atoms with Crippen molar-refractivity contribution in [1.82, 2.24) is 0 Å². The predicted molar refractivity (Wildman–Crippen MR) is 75.2 cm³/mol. The summed E-state index contributed by atoms with van der Waals surface area (Å²) in [6.07, 6.45) is 8.98. The Morgan fingerprint density at radius 1 is 1.32 bits per heavy atom. The quantitative estimate of drug-likeness (QED) is 0.617. The first kappa shape index (κ1) is 15.8. The van der Waals surface area contributed by atoms with Crippen LogP contribution in [-0.2, 0) is 9.59 Å². The van der Waals surface area contributed by atoms with Crippen LogP contribution in [0.5, 0.6) is 0 Å². The second-order valence-corrected chi connectivity index (χ2v) is 5.05. The molecule has 19 heavy (non-hydrogen) atoms. The number of amides is 1. The Morgan fingerprint density at radius 3 is 2.68 bits per heavy atom. The average molecular weight is 265 g/mol. The summed E-state index contributed by atoms with van der Waals surface area (Å²) in [5.74, 6) is -0.423. The summed E-state index contributed by atoms with van der Waals surface area (Å²) in [4.78, 5) is 26.4. The van der Waals surface area contributed by atoms with Crippen LogP contribution in [0.3, 0.4) is 0 Å². The number of unbranched alkanes of at least 4 members (excludes halogenated alkanes) is 4. The number of carbonyl (C=O) groups is 2. The lowest BCUT2D eigenvalue weighted by Crippen LogP contribution is -2.14. The maximum atomic E-state index is 11.7. The van der Waals surface area contributed by atoms with Gasteiger partial charge in [0, 0.05) is 24.6 Å². The number of aliphatic hydroxyl groups is 1. The molecule has 0 aromatic rings. The van der Waals surface area contributed by atoms with Crippen LogP contribution in [0.15, 0.2) is 16.6 Å². The summed E-state index contributed by atoms with van der Waals surface area (Å²) in [6, 6.07) is 0. The van der Waals surface area contributed by atoms with Crippen molar-refractivity contribution in [3.63, 3.8) is 0 Å². The molecule has 0 aromatic carbocycles. The molecule has 1 rings (SSSR count).